The molecule has 0 bridgehead atoms. The molecule has 0 unspecified atom stereocenters. The largest absolute Gasteiger partial charge is 0.343 e. The molecule has 0 radical (unpaired) electrons. The molecule has 104 valence electrons. The highest BCUT2D eigenvalue weighted by Crippen LogP contribution is 2.16. The molecule has 0 N–H and O–H groups in total. The number of aliphatic imine (C=N–C) groups is 1. The monoisotopic (exact) mass is 252 g/mol. The number of hydrogen-bond acceptors (Lipinski definition) is 2. The third-order valence-corrected chi connectivity index (χ3v) is 3.61. The first-order valence-electron chi connectivity index (χ1n) is 7.24. The van der Waals surface area contributed by atoms with Crippen molar-refractivity contribution in [2.45, 2.75) is 39.2 Å². The molecule has 0 amide bonds. The molecule has 2 heterocycles. The van der Waals surface area contributed by atoms with Crippen LogP contribution in [-0.2, 0) is 0 Å². The molecule has 0 atom stereocenters. The number of guanidine groups is 1. The molecular formula is C14H28N4. The van der Waals surface area contributed by atoms with Crippen LogP contribution in [0.1, 0.15) is 33.6 Å². The van der Waals surface area contributed by atoms with Crippen molar-refractivity contribution in [3.8, 4) is 0 Å². The lowest BCUT2D eigenvalue weighted by Crippen LogP contribution is -2.52. The number of likely N-dealkylation sites (N-methyl/N-ethyl adjacent to an activating group) is 1. The predicted molar refractivity (Wildman–Crippen MR) is 77.1 cm³/mol. The number of nitrogens with zero attached hydrogens (tertiary/aromatic N) is 4. The molecule has 2 aliphatic rings. The second-order valence-electron chi connectivity index (χ2n) is 6.57. The van der Waals surface area contributed by atoms with Crippen molar-refractivity contribution in [3.05, 3.63) is 0 Å². The van der Waals surface area contributed by atoms with Gasteiger partial charge < -0.3 is 14.7 Å². The summed E-state index contributed by atoms with van der Waals surface area (Å²) in [6, 6.07) is 0. The smallest absolute Gasteiger partial charge is 0.197 e. The standard InChI is InChI=1S/C14H28N4/c1-14(2,3)15-13(17-7-5-6-8-17)18-11-9-16(4)10-12-18/h5-12H2,1-4H3. The summed E-state index contributed by atoms with van der Waals surface area (Å²) in [7, 11) is 2.20. The van der Waals surface area contributed by atoms with Gasteiger partial charge in [0, 0.05) is 39.3 Å². The highest BCUT2D eigenvalue weighted by Gasteiger charge is 2.26. The van der Waals surface area contributed by atoms with Gasteiger partial charge in [0.05, 0.1) is 5.54 Å². The van der Waals surface area contributed by atoms with E-state index >= 15 is 0 Å². The van der Waals surface area contributed by atoms with Crippen LogP contribution >= 0.6 is 0 Å². The van der Waals surface area contributed by atoms with Gasteiger partial charge in [-0.2, -0.15) is 0 Å². The van der Waals surface area contributed by atoms with E-state index < -0.39 is 0 Å². The summed E-state index contributed by atoms with van der Waals surface area (Å²) >= 11 is 0. The summed E-state index contributed by atoms with van der Waals surface area (Å²) in [5, 5.41) is 0. The van der Waals surface area contributed by atoms with Crippen molar-refractivity contribution in [3.63, 3.8) is 0 Å². The second-order valence-corrected chi connectivity index (χ2v) is 6.57. The predicted octanol–water partition coefficient (Wildman–Crippen LogP) is 1.48. The van der Waals surface area contributed by atoms with Crippen LogP contribution in [0.15, 0.2) is 4.99 Å². The fourth-order valence-electron chi connectivity index (χ4n) is 2.57. The van der Waals surface area contributed by atoms with E-state index in [9.17, 15) is 0 Å². The Bertz CT molecular complexity index is 291. The summed E-state index contributed by atoms with van der Waals surface area (Å²) in [4.78, 5) is 12.4. The quantitative estimate of drug-likeness (QED) is 0.482. The lowest BCUT2D eigenvalue weighted by molar-refractivity contribution is 0.198. The maximum Gasteiger partial charge on any atom is 0.197 e. The van der Waals surface area contributed by atoms with Gasteiger partial charge in [0.2, 0.25) is 0 Å². The third kappa shape index (κ3) is 3.61. The fraction of sp³-hybridized carbons (Fsp3) is 0.929. The summed E-state index contributed by atoms with van der Waals surface area (Å²) in [6.45, 7) is 13.5. The molecular weight excluding hydrogens is 224 g/mol. The molecule has 2 rings (SSSR count). The molecule has 0 saturated carbocycles. The van der Waals surface area contributed by atoms with Crippen LogP contribution < -0.4 is 0 Å². The molecule has 4 heteroatoms. The SMILES string of the molecule is CN1CCN(C(=NC(C)(C)C)N2CCCC2)CC1. The van der Waals surface area contributed by atoms with Crippen molar-refractivity contribution < 1.29 is 0 Å². The number of piperazine rings is 1. The molecule has 2 aliphatic heterocycles. The van der Waals surface area contributed by atoms with Gasteiger partial charge >= 0.3 is 0 Å². The van der Waals surface area contributed by atoms with E-state index in [1.807, 2.05) is 0 Å². The van der Waals surface area contributed by atoms with Gasteiger partial charge in [-0.25, -0.2) is 4.99 Å². The summed E-state index contributed by atoms with van der Waals surface area (Å²) in [6.07, 6.45) is 2.63. The van der Waals surface area contributed by atoms with E-state index in [1.165, 1.54) is 31.9 Å². The maximum absolute atomic E-state index is 4.99. The van der Waals surface area contributed by atoms with Crippen molar-refractivity contribution in [2.24, 2.45) is 4.99 Å². The normalized spacial score (nSPS) is 23.9. The number of rotatable bonds is 0. The molecule has 0 aliphatic carbocycles. The summed E-state index contributed by atoms with van der Waals surface area (Å²) in [5.41, 5.74) is 0.0152. The van der Waals surface area contributed by atoms with Crippen molar-refractivity contribution in [1.82, 2.24) is 14.7 Å². The lowest BCUT2D eigenvalue weighted by Gasteiger charge is -2.38. The number of hydrogen-bond donors (Lipinski definition) is 0. The first-order valence-corrected chi connectivity index (χ1v) is 7.24. The van der Waals surface area contributed by atoms with Gasteiger partial charge in [0.25, 0.3) is 0 Å². The Hall–Kier alpha value is -0.770. The van der Waals surface area contributed by atoms with E-state index in [4.69, 9.17) is 4.99 Å². The Kier molecular flexibility index (Phi) is 4.15. The minimum atomic E-state index is 0.0152. The fourth-order valence-corrected chi connectivity index (χ4v) is 2.57. The van der Waals surface area contributed by atoms with E-state index in [0.717, 1.165) is 26.2 Å². The molecule has 0 aromatic carbocycles. The van der Waals surface area contributed by atoms with E-state index in [-0.39, 0.29) is 5.54 Å². The summed E-state index contributed by atoms with van der Waals surface area (Å²) < 4.78 is 0. The average molecular weight is 252 g/mol. The van der Waals surface area contributed by atoms with E-state index in [2.05, 4.69) is 42.5 Å². The molecule has 0 aromatic heterocycles. The Labute approximate surface area is 112 Å². The molecule has 18 heavy (non-hydrogen) atoms. The van der Waals surface area contributed by atoms with Gasteiger partial charge in [-0.1, -0.05) is 0 Å². The maximum atomic E-state index is 4.99. The lowest BCUT2D eigenvalue weighted by atomic mass is 10.1. The van der Waals surface area contributed by atoms with Crippen molar-refractivity contribution in [2.75, 3.05) is 46.3 Å². The first kappa shape index (κ1) is 13.7. The first-order chi connectivity index (χ1) is 8.46. The van der Waals surface area contributed by atoms with Crippen LogP contribution in [0.4, 0.5) is 0 Å². The zero-order valence-electron chi connectivity index (χ0n) is 12.4. The van der Waals surface area contributed by atoms with Gasteiger partial charge in [-0.15, -0.1) is 0 Å². The highest BCUT2D eigenvalue weighted by molar-refractivity contribution is 5.81. The van der Waals surface area contributed by atoms with E-state index in [1.54, 1.807) is 0 Å². The second kappa shape index (κ2) is 5.47. The van der Waals surface area contributed by atoms with Crippen LogP contribution in [0.2, 0.25) is 0 Å². The van der Waals surface area contributed by atoms with Crippen molar-refractivity contribution in [1.29, 1.82) is 0 Å². The van der Waals surface area contributed by atoms with Crippen LogP contribution in [-0.4, -0.2) is 72.5 Å². The molecule has 2 saturated heterocycles. The third-order valence-electron chi connectivity index (χ3n) is 3.61. The molecule has 0 aromatic rings. The van der Waals surface area contributed by atoms with E-state index in [0.29, 0.717) is 0 Å². The minimum absolute atomic E-state index is 0.0152. The van der Waals surface area contributed by atoms with Crippen molar-refractivity contribution >= 4 is 5.96 Å². The van der Waals surface area contributed by atoms with Gasteiger partial charge in [0.1, 0.15) is 0 Å². The van der Waals surface area contributed by atoms with Crippen LogP contribution in [0.3, 0.4) is 0 Å². The molecule has 0 spiro atoms. The van der Waals surface area contributed by atoms with Gasteiger partial charge in [0.15, 0.2) is 5.96 Å². The topological polar surface area (TPSA) is 22.1 Å². The molecule has 2 fully saturated rings. The van der Waals surface area contributed by atoms with Gasteiger partial charge in [-0.05, 0) is 40.7 Å². The Morgan fingerprint density at radius 2 is 1.33 bits per heavy atom. The van der Waals surface area contributed by atoms with Crippen LogP contribution in [0.25, 0.3) is 0 Å². The summed E-state index contributed by atoms with van der Waals surface area (Å²) in [5.74, 6) is 1.24. The molecule has 4 nitrogen and oxygen atoms in total. The Morgan fingerprint density at radius 1 is 0.833 bits per heavy atom. The Balaban J connectivity index is 2.11. The van der Waals surface area contributed by atoms with Crippen LogP contribution in [0, 0.1) is 0 Å². The Morgan fingerprint density at radius 3 is 1.83 bits per heavy atom. The zero-order chi connectivity index (χ0) is 13.2. The zero-order valence-corrected chi connectivity index (χ0v) is 12.4. The highest BCUT2D eigenvalue weighted by atomic mass is 15.4. The van der Waals surface area contributed by atoms with Crippen LogP contribution in [0.5, 0.6) is 0 Å². The van der Waals surface area contributed by atoms with Gasteiger partial charge in [-0.3, -0.25) is 0 Å². The number of likely N-dealkylation sites (tertiary alicyclic amines) is 1. The minimum Gasteiger partial charge on any atom is -0.343 e. The average Bonchev–Trinajstić information content (AvgIpc) is 2.79.